The van der Waals surface area contributed by atoms with Crippen LogP contribution in [0.5, 0.6) is 0 Å². The normalized spacial score (nSPS) is 14.8. The number of fused-ring (bicyclic) bond motifs is 1. The first-order valence-electron chi connectivity index (χ1n) is 12.6. The monoisotopic (exact) mass is 549 g/mol. The number of piperidine rings is 1. The third-order valence-corrected chi connectivity index (χ3v) is 7.03. The zero-order valence-electron chi connectivity index (χ0n) is 20.8. The van der Waals surface area contributed by atoms with E-state index in [2.05, 4.69) is 48.5 Å². The summed E-state index contributed by atoms with van der Waals surface area (Å²) in [6, 6.07) is 16.4. The molecule has 2 aromatic heterocycles. The Morgan fingerprint density at radius 2 is 1.92 bits per heavy atom. The van der Waals surface area contributed by atoms with E-state index < -0.39 is 0 Å². The summed E-state index contributed by atoms with van der Waals surface area (Å²) in [5.41, 5.74) is 4.71. The van der Waals surface area contributed by atoms with Gasteiger partial charge in [-0.15, -0.1) is 0 Å². The third kappa shape index (κ3) is 6.52. The number of amides is 1. The highest BCUT2D eigenvalue weighted by Crippen LogP contribution is 2.32. The molecule has 4 N–H and O–H groups in total. The van der Waals surface area contributed by atoms with Crippen molar-refractivity contribution in [2.75, 3.05) is 30.3 Å². The Labute approximate surface area is 231 Å². The van der Waals surface area contributed by atoms with Crippen LogP contribution in [0.2, 0.25) is 5.02 Å². The number of rotatable bonds is 9. The number of aromatic amines is 1. The Bertz CT molecular complexity index is 1410. The molecule has 0 unspecified atom stereocenters. The van der Waals surface area contributed by atoms with E-state index in [1.165, 1.54) is 11.6 Å². The molecule has 1 amide bonds. The van der Waals surface area contributed by atoms with Crippen LogP contribution in [-0.2, 0) is 11.3 Å². The summed E-state index contributed by atoms with van der Waals surface area (Å²) in [5.74, 6) is 0.414. The van der Waals surface area contributed by atoms with Crippen LogP contribution in [0.4, 0.5) is 11.6 Å². The molecule has 38 heavy (non-hydrogen) atoms. The van der Waals surface area contributed by atoms with Gasteiger partial charge in [0.25, 0.3) is 0 Å². The van der Waals surface area contributed by atoms with Crippen LogP contribution >= 0.6 is 23.4 Å². The van der Waals surface area contributed by atoms with E-state index in [0.717, 1.165) is 60.3 Å². The maximum atomic E-state index is 11.9. The topological polar surface area (TPSA) is 98.0 Å². The second-order valence-electron chi connectivity index (χ2n) is 9.26. The molecule has 8 nitrogen and oxygen atoms in total. The molecule has 0 saturated carbocycles. The molecule has 4 aromatic rings. The number of anilines is 2. The molecule has 5 rings (SSSR count). The van der Waals surface area contributed by atoms with Crippen LogP contribution in [0.15, 0.2) is 73.1 Å². The minimum atomic E-state index is -0.183. The quantitative estimate of drug-likeness (QED) is 0.160. The van der Waals surface area contributed by atoms with E-state index in [1.807, 2.05) is 36.5 Å². The Morgan fingerprint density at radius 1 is 1.13 bits per heavy atom. The Hall–Kier alpha value is -3.43. The molecule has 2 aromatic carbocycles. The van der Waals surface area contributed by atoms with Gasteiger partial charge < -0.3 is 15.6 Å². The maximum Gasteiger partial charge on any atom is 0.248 e. The summed E-state index contributed by atoms with van der Waals surface area (Å²) in [6.45, 7) is 3.24. The first-order valence-corrected chi connectivity index (χ1v) is 13.3. The van der Waals surface area contributed by atoms with Gasteiger partial charge in [0.15, 0.2) is 0 Å². The molecular formula is C28H29Cl2N7O. The van der Waals surface area contributed by atoms with E-state index in [1.54, 1.807) is 12.3 Å². The molecule has 0 spiro atoms. The summed E-state index contributed by atoms with van der Waals surface area (Å²) in [6.07, 6.45) is 8.72. The lowest BCUT2D eigenvalue weighted by atomic mass is 10.0. The predicted molar refractivity (Wildman–Crippen MR) is 154 cm³/mol. The van der Waals surface area contributed by atoms with Crippen molar-refractivity contribution in [3.63, 3.8) is 0 Å². The summed E-state index contributed by atoms with van der Waals surface area (Å²) < 4.78 is 0. The zero-order chi connectivity index (χ0) is 26.3. The number of halogens is 2. The summed E-state index contributed by atoms with van der Waals surface area (Å²) in [7, 11) is 0. The van der Waals surface area contributed by atoms with Gasteiger partial charge in [-0.2, -0.15) is 0 Å². The van der Waals surface area contributed by atoms with Gasteiger partial charge in [0, 0.05) is 66.6 Å². The molecule has 3 heterocycles. The molecule has 10 heteroatoms. The average molecular weight is 550 g/mol. The van der Waals surface area contributed by atoms with Crippen molar-refractivity contribution in [2.24, 2.45) is 0 Å². The van der Waals surface area contributed by atoms with Crippen LogP contribution in [0.3, 0.4) is 0 Å². The second-order valence-corrected chi connectivity index (χ2v) is 9.93. The minimum absolute atomic E-state index is 0.183. The molecule has 1 aliphatic rings. The van der Waals surface area contributed by atoms with Gasteiger partial charge in [-0.25, -0.2) is 14.8 Å². The van der Waals surface area contributed by atoms with Gasteiger partial charge in [0.2, 0.25) is 11.9 Å². The molecule has 0 bridgehead atoms. The van der Waals surface area contributed by atoms with Crippen molar-refractivity contribution in [2.45, 2.75) is 25.4 Å². The number of nitrogens with one attached hydrogen (secondary N) is 4. The van der Waals surface area contributed by atoms with Crippen LogP contribution in [0.1, 0.15) is 18.4 Å². The lowest BCUT2D eigenvalue weighted by Gasteiger charge is -2.32. The fourth-order valence-corrected chi connectivity index (χ4v) is 4.94. The predicted octanol–water partition coefficient (Wildman–Crippen LogP) is 5.59. The van der Waals surface area contributed by atoms with Crippen molar-refractivity contribution in [3.8, 4) is 11.3 Å². The first kappa shape index (κ1) is 26.2. The molecular weight excluding hydrogens is 521 g/mol. The number of para-hydroxylation sites is 1. The Morgan fingerprint density at radius 3 is 2.71 bits per heavy atom. The van der Waals surface area contributed by atoms with Gasteiger partial charge >= 0.3 is 0 Å². The van der Waals surface area contributed by atoms with Crippen LogP contribution in [0.25, 0.3) is 22.2 Å². The van der Waals surface area contributed by atoms with E-state index in [9.17, 15) is 4.79 Å². The van der Waals surface area contributed by atoms with Crippen molar-refractivity contribution < 1.29 is 4.79 Å². The number of aromatic nitrogens is 3. The highest BCUT2D eigenvalue weighted by molar-refractivity contribution is 6.33. The summed E-state index contributed by atoms with van der Waals surface area (Å²) in [5, 5.41) is 7.97. The first-order chi connectivity index (χ1) is 18.6. The largest absolute Gasteiger partial charge is 0.360 e. The SMILES string of the molecule is O=C(/C=C/CNCl)Nc1ccc(CN2CCC(Nc3ncc(Cl)c(-c4c[nH]c5ccccc45)n3)CC2)cc1. The van der Waals surface area contributed by atoms with Gasteiger partial charge in [0.1, 0.15) is 0 Å². The molecule has 0 atom stereocenters. The van der Waals surface area contributed by atoms with Gasteiger partial charge in [-0.3, -0.25) is 9.69 Å². The number of carbonyl (C=O) groups excluding carboxylic acids is 1. The number of likely N-dealkylation sites (tertiary alicyclic amines) is 1. The van der Waals surface area contributed by atoms with Crippen molar-refractivity contribution in [3.05, 3.63) is 83.7 Å². The number of hydrogen-bond acceptors (Lipinski definition) is 6. The number of nitrogens with zero attached hydrogens (tertiary/aromatic N) is 3. The van der Waals surface area contributed by atoms with Crippen LogP contribution < -0.4 is 15.5 Å². The molecule has 1 fully saturated rings. The number of benzene rings is 2. The highest BCUT2D eigenvalue weighted by Gasteiger charge is 2.21. The molecule has 1 aliphatic heterocycles. The van der Waals surface area contributed by atoms with Gasteiger partial charge in [-0.05, 0) is 48.4 Å². The fraction of sp³-hybridized carbons (Fsp3) is 0.250. The van der Waals surface area contributed by atoms with Crippen LogP contribution in [-0.4, -0.2) is 51.4 Å². The van der Waals surface area contributed by atoms with E-state index in [-0.39, 0.29) is 5.91 Å². The Balaban J connectivity index is 1.14. The Kier molecular flexibility index (Phi) is 8.55. The molecule has 0 aliphatic carbocycles. The van der Waals surface area contributed by atoms with Gasteiger partial charge in [-0.1, -0.05) is 48.0 Å². The number of hydrogen-bond donors (Lipinski definition) is 4. The fourth-order valence-electron chi connectivity index (χ4n) is 4.66. The third-order valence-electron chi connectivity index (χ3n) is 6.60. The average Bonchev–Trinajstić information content (AvgIpc) is 3.36. The van der Waals surface area contributed by atoms with Crippen LogP contribution in [0, 0.1) is 0 Å². The second kappa shape index (κ2) is 12.4. The zero-order valence-corrected chi connectivity index (χ0v) is 22.3. The number of carbonyl (C=O) groups is 1. The summed E-state index contributed by atoms with van der Waals surface area (Å²) >= 11 is 11.9. The lowest BCUT2D eigenvalue weighted by molar-refractivity contribution is -0.111. The van der Waals surface area contributed by atoms with Crippen molar-refractivity contribution in [1.29, 1.82) is 0 Å². The highest BCUT2D eigenvalue weighted by atomic mass is 35.5. The minimum Gasteiger partial charge on any atom is -0.360 e. The standard InChI is InChI=1S/C28H29Cl2N7O/c29-24-17-32-28(36-27(24)23-16-31-25-5-2-1-4-22(23)25)35-21-11-14-37(15-12-21)18-19-7-9-20(10-8-19)34-26(38)6-3-13-33-30/h1-10,16-17,21,31,33H,11-15,18H2,(H,34,38)(H,32,35,36)/b6-3+. The van der Waals surface area contributed by atoms with Crippen molar-refractivity contribution in [1.82, 2.24) is 24.7 Å². The van der Waals surface area contributed by atoms with E-state index >= 15 is 0 Å². The van der Waals surface area contributed by atoms with Crippen molar-refractivity contribution >= 4 is 51.8 Å². The smallest absolute Gasteiger partial charge is 0.248 e. The molecule has 1 saturated heterocycles. The molecule has 196 valence electrons. The van der Waals surface area contributed by atoms with E-state index in [0.29, 0.717) is 23.6 Å². The van der Waals surface area contributed by atoms with Gasteiger partial charge in [0.05, 0.1) is 16.9 Å². The summed E-state index contributed by atoms with van der Waals surface area (Å²) in [4.78, 5) is 29.3. The molecule has 0 radical (unpaired) electrons. The van der Waals surface area contributed by atoms with E-state index in [4.69, 9.17) is 28.4 Å². The maximum absolute atomic E-state index is 11.9. The number of H-pyrrole nitrogens is 1. The lowest BCUT2D eigenvalue weighted by Crippen LogP contribution is -2.39.